The summed E-state index contributed by atoms with van der Waals surface area (Å²) in [7, 11) is 0. The SMILES string of the molecule is CCOC1CC(NCCN2CCCCC2)C12CCCCC2. The van der Waals surface area contributed by atoms with Gasteiger partial charge in [-0.05, 0) is 52.1 Å². The number of hydrogen-bond acceptors (Lipinski definition) is 3. The highest BCUT2D eigenvalue weighted by Gasteiger charge is 2.55. The van der Waals surface area contributed by atoms with E-state index in [9.17, 15) is 0 Å². The van der Waals surface area contributed by atoms with Gasteiger partial charge in [0.2, 0.25) is 0 Å². The Morgan fingerprint density at radius 2 is 1.76 bits per heavy atom. The van der Waals surface area contributed by atoms with Crippen LogP contribution in [-0.2, 0) is 4.74 Å². The normalized spacial score (nSPS) is 33.0. The van der Waals surface area contributed by atoms with Gasteiger partial charge in [0, 0.05) is 31.2 Å². The molecule has 2 saturated carbocycles. The van der Waals surface area contributed by atoms with Crippen molar-refractivity contribution in [2.45, 2.75) is 76.9 Å². The zero-order valence-corrected chi connectivity index (χ0v) is 13.9. The molecule has 1 aliphatic heterocycles. The van der Waals surface area contributed by atoms with Gasteiger partial charge in [0.05, 0.1) is 6.10 Å². The van der Waals surface area contributed by atoms with Crippen molar-refractivity contribution in [2.75, 3.05) is 32.8 Å². The van der Waals surface area contributed by atoms with Crippen LogP contribution in [0.5, 0.6) is 0 Å². The molecule has 2 atom stereocenters. The molecule has 0 aromatic rings. The molecule has 0 bridgehead atoms. The third-order valence-electron chi connectivity index (χ3n) is 6.20. The van der Waals surface area contributed by atoms with Gasteiger partial charge in [-0.25, -0.2) is 0 Å². The van der Waals surface area contributed by atoms with Crippen molar-refractivity contribution in [1.82, 2.24) is 10.2 Å². The van der Waals surface area contributed by atoms with E-state index >= 15 is 0 Å². The van der Waals surface area contributed by atoms with Gasteiger partial charge in [0.25, 0.3) is 0 Å². The number of rotatable bonds is 6. The second-order valence-electron chi connectivity index (χ2n) is 7.38. The number of likely N-dealkylation sites (tertiary alicyclic amines) is 1. The Morgan fingerprint density at radius 1 is 1.05 bits per heavy atom. The Labute approximate surface area is 130 Å². The maximum Gasteiger partial charge on any atom is 0.0661 e. The number of nitrogens with one attached hydrogen (secondary N) is 1. The molecule has 0 aromatic carbocycles. The standard InChI is InChI=1S/C18H34N2O/c1-2-21-17-15-16(18(17)9-5-3-6-10-18)19-11-14-20-12-7-4-8-13-20/h16-17,19H,2-15H2,1H3. The summed E-state index contributed by atoms with van der Waals surface area (Å²) < 4.78 is 6.05. The number of piperidine rings is 1. The van der Waals surface area contributed by atoms with Crippen LogP contribution in [0.4, 0.5) is 0 Å². The molecule has 3 nitrogen and oxygen atoms in total. The van der Waals surface area contributed by atoms with E-state index in [1.165, 1.54) is 84.0 Å². The first-order valence-corrected chi connectivity index (χ1v) is 9.42. The lowest BCUT2D eigenvalue weighted by molar-refractivity contribution is -0.150. The number of hydrogen-bond donors (Lipinski definition) is 1. The van der Waals surface area contributed by atoms with Crippen LogP contribution >= 0.6 is 0 Å². The Bertz CT molecular complexity index is 308. The minimum absolute atomic E-state index is 0.482. The van der Waals surface area contributed by atoms with Crippen molar-refractivity contribution in [3.8, 4) is 0 Å². The van der Waals surface area contributed by atoms with Gasteiger partial charge in [-0.3, -0.25) is 0 Å². The van der Waals surface area contributed by atoms with Crippen LogP contribution in [0.15, 0.2) is 0 Å². The van der Waals surface area contributed by atoms with Gasteiger partial charge in [0.15, 0.2) is 0 Å². The first-order valence-electron chi connectivity index (χ1n) is 9.42. The van der Waals surface area contributed by atoms with E-state index in [0.717, 1.165) is 12.6 Å². The molecule has 3 heteroatoms. The van der Waals surface area contributed by atoms with Gasteiger partial charge in [-0.1, -0.05) is 25.7 Å². The highest BCUT2D eigenvalue weighted by atomic mass is 16.5. The van der Waals surface area contributed by atoms with Crippen LogP contribution in [0.1, 0.15) is 64.7 Å². The summed E-state index contributed by atoms with van der Waals surface area (Å²) in [6.45, 7) is 8.08. The molecule has 1 N–H and O–H groups in total. The molecule has 3 rings (SSSR count). The van der Waals surface area contributed by atoms with E-state index in [0.29, 0.717) is 11.5 Å². The first kappa shape index (κ1) is 15.8. The molecule has 0 amide bonds. The molecule has 2 aliphatic carbocycles. The molecular weight excluding hydrogens is 260 g/mol. The van der Waals surface area contributed by atoms with E-state index in [-0.39, 0.29) is 0 Å². The molecular formula is C18H34N2O. The fourth-order valence-electron chi connectivity index (χ4n) is 4.93. The first-order chi connectivity index (χ1) is 10.3. The minimum Gasteiger partial charge on any atom is -0.378 e. The molecule has 21 heavy (non-hydrogen) atoms. The van der Waals surface area contributed by atoms with Gasteiger partial charge in [0.1, 0.15) is 0 Å². The van der Waals surface area contributed by atoms with E-state index < -0.39 is 0 Å². The van der Waals surface area contributed by atoms with Crippen molar-refractivity contribution in [2.24, 2.45) is 5.41 Å². The average Bonchev–Trinajstić information content (AvgIpc) is 2.55. The fraction of sp³-hybridized carbons (Fsp3) is 1.00. The fourth-order valence-corrected chi connectivity index (χ4v) is 4.93. The highest BCUT2D eigenvalue weighted by Crippen LogP contribution is 2.53. The van der Waals surface area contributed by atoms with Crippen LogP contribution in [0.2, 0.25) is 0 Å². The predicted octanol–water partition coefficient (Wildman–Crippen LogP) is 3.19. The van der Waals surface area contributed by atoms with Crippen molar-refractivity contribution < 1.29 is 4.74 Å². The summed E-state index contributed by atoms with van der Waals surface area (Å²) in [6, 6.07) is 0.721. The van der Waals surface area contributed by atoms with Crippen LogP contribution < -0.4 is 5.32 Å². The summed E-state index contributed by atoms with van der Waals surface area (Å²) in [4.78, 5) is 2.64. The van der Waals surface area contributed by atoms with Gasteiger partial charge in [-0.2, -0.15) is 0 Å². The van der Waals surface area contributed by atoms with Crippen molar-refractivity contribution >= 4 is 0 Å². The predicted molar refractivity (Wildman–Crippen MR) is 87.6 cm³/mol. The quantitative estimate of drug-likeness (QED) is 0.814. The zero-order chi connectivity index (χ0) is 14.5. The molecule has 1 saturated heterocycles. The Kier molecular flexibility index (Phi) is 5.58. The van der Waals surface area contributed by atoms with Crippen molar-refractivity contribution in [3.63, 3.8) is 0 Å². The minimum atomic E-state index is 0.482. The Morgan fingerprint density at radius 3 is 2.48 bits per heavy atom. The molecule has 0 radical (unpaired) electrons. The summed E-state index contributed by atoms with van der Waals surface area (Å²) >= 11 is 0. The average molecular weight is 294 g/mol. The number of ether oxygens (including phenoxy) is 1. The van der Waals surface area contributed by atoms with Crippen molar-refractivity contribution in [3.05, 3.63) is 0 Å². The van der Waals surface area contributed by atoms with Gasteiger partial charge in [-0.15, -0.1) is 0 Å². The molecule has 122 valence electrons. The van der Waals surface area contributed by atoms with E-state index in [1.807, 2.05) is 0 Å². The maximum atomic E-state index is 6.05. The largest absolute Gasteiger partial charge is 0.378 e. The Hall–Kier alpha value is -0.120. The summed E-state index contributed by atoms with van der Waals surface area (Å²) in [5, 5.41) is 3.89. The van der Waals surface area contributed by atoms with Gasteiger partial charge < -0.3 is 15.0 Å². The van der Waals surface area contributed by atoms with Crippen molar-refractivity contribution in [1.29, 1.82) is 0 Å². The smallest absolute Gasteiger partial charge is 0.0661 e. The van der Waals surface area contributed by atoms with E-state index in [2.05, 4.69) is 17.1 Å². The molecule has 3 aliphatic rings. The third-order valence-corrected chi connectivity index (χ3v) is 6.20. The second-order valence-corrected chi connectivity index (χ2v) is 7.38. The third kappa shape index (κ3) is 3.46. The van der Waals surface area contributed by atoms with Crippen LogP contribution in [0, 0.1) is 5.41 Å². The second kappa shape index (κ2) is 7.43. The molecule has 1 spiro atoms. The lowest BCUT2D eigenvalue weighted by Crippen LogP contribution is -2.65. The number of nitrogens with zero attached hydrogens (tertiary/aromatic N) is 1. The Balaban J connectivity index is 1.45. The molecule has 3 fully saturated rings. The lowest BCUT2D eigenvalue weighted by atomic mass is 9.55. The van der Waals surface area contributed by atoms with E-state index in [4.69, 9.17) is 4.74 Å². The highest BCUT2D eigenvalue weighted by molar-refractivity contribution is 5.08. The maximum absolute atomic E-state index is 6.05. The van der Waals surface area contributed by atoms with Crippen LogP contribution in [0.3, 0.4) is 0 Å². The molecule has 2 unspecified atom stereocenters. The van der Waals surface area contributed by atoms with Crippen LogP contribution in [0.25, 0.3) is 0 Å². The van der Waals surface area contributed by atoms with Gasteiger partial charge >= 0.3 is 0 Å². The molecule has 1 heterocycles. The van der Waals surface area contributed by atoms with E-state index in [1.54, 1.807) is 0 Å². The molecule has 0 aromatic heterocycles. The monoisotopic (exact) mass is 294 g/mol. The van der Waals surface area contributed by atoms with Crippen LogP contribution in [-0.4, -0.2) is 49.8 Å². The lowest BCUT2D eigenvalue weighted by Gasteiger charge is -2.58. The topological polar surface area (TPSA) is 24.5 Å². The summed E-state index contributed by atoms with van der Waals surface area (Å²) in [5.74, 6) is 0. The zero-order valence-electron chi connectivity index (χ0n) is 13.9. The summed E-state index contributed by atoms with van der Waals surface area (Å²) in [5.41, 5.74) is 0.482. The summed E-state index contributed by atoms with van der Waals surface area (Å²) in [6.07, 6.45) is 13.1.